The molecule has 0 aromatic heterocycles. The average Bonchev–Trinajstić information content (AvgIpc) is 2.60. The van der Waals surface area contributed by atoms with Crippen LogP contribution in [0.15, 0.2) is 42.5 Å². The van der Waals surface area contributed by atoms with Crippen molar-refractivity contribution < 1.29 is 32.0 Å². The lowest BCUT2D eigenvalue weighted by Crippen LogP contribution is -2.26. The van der Waals surface area contributed by atoms with Gasteiger partial charge in [0, 0.05) is 12.6 Å². The second-order valence-electron chi connectivity index (χ2n) is 5.47. The van der Waals surface area contributed by atoms with Gasteiger partial charge in [0.2, 0.25) is 0 Å². The summed E-state index contributed by atoms with van der Waals surface area (Å²) in [5, 5.41) is 13.5. The van der Waals surface area contributed by atoms with Gasteiger partial charge in [0.1, 0.15) is 17.1 Å². The van der Waals surface area contributed by atoms with E-state index in [9.17, 15) is 32.5 Å². The zero-order valence-corrected chi connectivity index (χ0v) is 13.8. The fraction of sp³-hybridized carbons (Fsp3) is 0.235. The standard InChI is InChI=1S/C17H14F4N2O4/c18-12-3-1-11(2-4-12)7-8-22-16(24)14-9-13(27-10-17(19,20)21)5-6-15(14)23(25)26/h1-6,9H,7-8,10H2,(H,22,24). The third kappa shape index (κ3) is 6.24. The van der Waals surface area contributed by atoms with Crippen LogP contribution in [0.25, 0.3) is 0 Å². The van der Waals surface area contributed by atoms with Gasteiger partial charge in [-0.25, -0.2) is 4.39 Å². The summed E-state index contributed by atoms with van der Waals surface area (Å²) < 4.78 is 54.0. The van der Waals surface area contributed by atoms with E-state index in [1.807, 2.05) is 0 Å². The van der Waals surface area contributed by atoms with Crippen molar-refractivity contribution in [2.24, 2.45) is 0 Å². The van der Waals surface area contributed by atoms with Crippen LogP contribution in [0.5, 0.6) is 5.75 Å². The summed E-state index contributed by atoms with van der Waals surface area (Å²) in [5.41, 5.74) is -0.249. The number of carbonyl (C=O) groups excluding carboxylic acids is 1. The van der Waals surface area contributed by atoms with Crippen molar-refractivity contribution in [3.05, 3.63) is 69.5 Å². The van der Waals surface area contributed by atoms with Crippen molar-refractivity contribution in [3.8, 4) is 5.75 Å². The van der Waals surface area contributed by atoms with Crippen molar-refractivity contribution in [2.45, 2.75) is 12.6 Å². The molecule has 1 amide bonds. The Bertz CT molecular complexity index is 823. The van der Waals surface area contributed by atoms with E-state index >= 15 is 0 Å². The lowest BCUT2D eigenvalue weighted by atomic mass is 10.1. The minimum absolute atomic E-state index is 0.0925. The van der Waals surface area contributed by atoms with E-state index in [0.717, 1.165) is 23.8 Å². The minimum Gasteiger partial charge on any atom is -0.484 e. The lowest BCUT2D eigenvalue weighted by molar-refractivity contribution is -0.385. The Kier molecular flexibility index (Phi) is 6.32. The van der Waals surface area contributed by atoms with Crippen LogP contribution >= 0.6 is 0 Å². The molecule has 0 aliphatic rings. The number of nitro benzene ring substituents is 1. The van der Waals surface area contributed by atoms with Gasteiger partial charge in [0.25, 0.3) is 11.6 Å². The monoisotopic (exact) mass is 386 g/mol. The van der Waals surface area contributed by atoms with Crippen molar-refractivity contribution in [3.63, 3.8) is 0 Å². The molecule has 0 aliphatic heterocycles. The minimum atomic E-state index is -4.58. The van der Waals surface area contributed by atoms with Crippen LogP contribution in [0, 0.1) is 15.9 Å². The van der Waals surface area contributed by atoms with Gasteiger partial charge in [0.05, 0.1) is 4.92 Å². The Balaban J connectivity index is 2.07. The maximum atomic E-state index is 12.8. The molecule has 2 aromatic carbocycles. The second kappa shape index (κ2) is 8.47. The largest absolute Gasteiger partial charge is 0.484 e. The number of carbonyl (C=O) groups is 1. The molecule has 0 saturated carbocycles. The van der Waals surface area contributed by atoms with E-state index in [4.69, 9.17) is 0 Å². The van der Waals surface area contributed by atoms with Crippen LogP contribution in [0.1, 0.15) is 15.9 Å². The maximum Gasteiger partial charge on any atom is 0.422 e. The van der Waals surface area contributed by atoms with Gasteiger partial charge in [0.15, 0.2) is 6.61 Å². The summed E-state index contributed by atoms with van der Waals surface area (Å²) in [6, 6.07) is 8.33. The number of hydrogen-bond donors (Lipinski definition) is 1. The highest BCUT2D eigenvalue weighted by molar-refractivity contribution is 5.98. The Morgan fingerprint density at radius 2 is 1.81 bits per heavy atom. The lowest BCUT2D eigenvalue weighted by Gasteiger charge is -2.11. The predicted octanol–water partition coefficient (Wildman–Crippen LogP) is 3.65. The van der Waals surface area contributed by atoms with Gasteiger partial charge < -0.3 is 10.1 Å². The smallest absolute Gasteiger partial charge is 0.422 e. The highest BCUT2D eigenvalue weighted by atomic mass is 19.4. The van der Waals surface area contributed by atoms with E-state index in [0.29, 0.717) is 6.42 Å². The first-order valence-electron chi connectivity index (χ1n) is 7.66. The molecule has 1 N–H and O–H groups in total. The Labute approximate surface area is 150 Å². The van der Waals surface area contributed by atoms with E-state index in [1.54, 1.807) is 0 Å². The first kappa shape index (κ1) is 20.1. The van der Waals surface area contributed by atoms with Crippen LogP contribution in [-0.4, -0.2) is 30.2 Å². The third-order valence-electron chi connectivity index (χ3n) is 3.42. The Morgan fingerprint density at radius 3 is 2.41 bits per heavy atom. The molecule has 27 heavy (non-hydrogen) atoms. The highest BCUT2D eigenvalue weighted by Crippen LogP contribution is 2.25. The molecular formula is C17H14F4N2O4. The van der Waals surface area contributed by atoms with Crippen molar-refractivity contribution in [2.75, 3.05) is 13.2 Å². The summed E-state index contributed by atoms with van der Waals surface area (Å²) in [7, 11) is 0. The molecule has 10 heteroatoms. The molecular weight excluding hydrogens is 372 g/mol. The fourth-order valence-corrected chi connectivity index (χ4v) is 2.18. The molecule has 0 aliphatic carbocycles. The van der Waals surface area contributed by atoms with Gasteiger partial charge in [-0.3, -0.25) is 14.9 Å². The van der Waals surface area contributed by atoms with Crippen LogP contribution in [0.2, 0.25) is 0 Å². The first-order chi connectivity index (χ1) is 12.7. The maximum absolute atomic E-state index is 12.8. The number of alkyl halides is 3. The molecule has 0 bridgehead atoms. The van der Waals surface area contributed by atoms with Crippen molar-refractivity contribution in [1.82, 2.24) is 5.32 Å². The topological polar surface area (TPSA) is 81.5 Å². The molecule has 2 aromatic rings. The molecule has 6 nitrogen and oxygen atoms in total. The number of nitrogens with zero attached hydrogens (tertiary/aromatic N) is 1. The van der Waals surface area contributed by atoms with E-state index < -0.39 is 40.7 Å². The number of ether oxygens (including phenoxy) is 1. The Morgan fingerprint density at radius 1 is 1.15 bits per heavy atom. The number of nitrogens with one attached hydrogen (secondary N) is 1. The number of amides is 1. The molecule has 0 unspecified atom stereocenters. The average molecular weight is 386 g/mol. The number of halogens is 4. The van der Waals surface area contributed by atoms with Gasteiger partial charge >= 0.3 is 6.18 Å². The third-order valence-corrected chi connectivity index (χ3v) is 3.42. The molecule has 0 radical (unpaired) electrons. The highest BCUT2D eigenvalue weighted by Gasteiger charge is 2.29. The van der Waals surface area contributed by atoms with Crippen LogP contribution in [0.3, 0.4) is 0 Å². The summed E-state index contributed by atoms with van der Waals surface area (Å²) in [4.78, 5) is 22.4. The van der Waals surface area contributed by atoms with E-state index in [-0.39, 0.29) is 12.3 Å². The van der Waals surface area contributed by atoms with Crippen LogP contribution in [-0.2, 0) is 6.42 Å². The first-order valence-corrected chi connectivity index (χ1v) is 7.66. The second-order valence-corrected chi connectivity index (χ2v) is 5.47. The van der Waals surface area contributed by atoms with E-state index in [1.165, 1.54) is 24.3 Å². The molecule has 144 valence electrons. The van der Waals surface area contributed by atoms with Gasteiger partial charge in [-0.05, 0) is 36.2 Å². The fourth-order valence-electron chi connectivity index (χ4n) is 2.18. The zero-order valence-electron chi connectivity index (χ0n) is 13.8. The normalized spacial score (nSPS) is 11.1. The molecule has 0 heterocycles. The van der Waals surface area contributed by atoms with Gasteiger partial charge in [-0.15, -0.1) is 0 Å². The van der Waals surface area contributed by atoms with E-state index in [2.05, 4.69) is 10.1 Å². The SMILES string of the molecule is O=C(NCCc1ccc(F)cc1)c1cc(OCC(F)(F)F)ccc1[N+](=O)[O-]. The van der Waals surface area contributed by atoms with Crippen LogP contribution < -0.4 is 10.1 Å². The molecule has 0 saturated heterocycles. The number of nitro groups is 1. The van der Waals surface area contributed by atoms with Crippen molar-refractivity contribution >= 4 is 11.6 Å². The van der Waals surface area contributed by atoms with Gasteiger partial charge in [-0.1, -0.05) is 12.1 Å². The Hall–Kier alpha value is -3.17. The molecule has 2 rings (SSSR count). The van der Waals surface area contributed by atoms with Crippen LogP contribution in [0.4, 0.5) is 23.2 Å². The summed E-state index contributed by atoms with van der Waals surface area (Å²) in [5.74, 6) is -1.56. The number of hydrogen-bond acceptors (Lipinski definition) is 4. The summed E-state index contributed by atoms with van der Waals surface area (Å²) in [6.45, 7) is -1.49. The zero-order chi connectivity index (χ0) is 20.0. The molecule has 0 atom stereocenters. The van der Waals surface area contributed by atoms with Crippen molar-refractivity contribution in [1.29, 1.82) is 0 Å². The number of rotatable bonds is 7. The predicted molar refractivity (Wildman–Crippen MR) is 87.1 cm³/mol. The molecule has 0 fully saturated rings. The quantitative estimate of drug-likeness (QED) is 0.447. The summed E-state index contributed by atoms with van der Waals surface area (Å²) in [6.07, 6.45) is -4.25. The summed E-state index contributed by atoms with van der Waals surface area (Å²) >= 11 is 0. The number of benzene rings is 2. The van der Waals surface area contributed by atoms with Gasteiger partial charge in [-0.2, -0.15) is 13.2 Å². The molecule has 0 spiro atoms.